The van der Waals surface area contributed by atoms with Gasteiger partial charge in [0.05, 0.1) is 0 Å². The summed E-state index contributed by atoms with van der Waals surface area (Å²) >= 11 is 1.76. The zero-order valence-electron chi connectivity index (χ0n) is 10.2. The number of carbonyl (C=O) groups excluding carboxylic acids is 1. The number of hydrogen-bond donors (Lipinski definition) is 0. The van der Waals surface area contributed by atoms with Crippen LogP contribution in [-0.2, 0) is 6.42 Å². The van der Waals surface area contributed by atoms with Crippen LogP contribution in [0.15, 0.2) is 24.3 Å². The standard InChI is InChI=1S/C13H19NOS/c1-4-11-7-5-6-8-12(11)13(15)14(2)9-10-16-3/h5-8H,4,9-10H2,1-3H3. The number of rotatable bonds is 5. The molecule has 1 rings (SSSR count). The maximum atomic E-state index is 12.1. The summed E-state index contributed by atoms with van der Waals surface area (Å²) < 4.78 is 0. The summed E-state index contributed by atoms with van der Waals surface area (Å²) in [5.41, 5.74) is 1.97. The van der Waals surface area contributed by atoms with E-state index >= 15 is 0 Å². The van der Waals surface area contributed by atoms with Crippen molar-refractivity contribution in [2.24, 2.45) is 0 Å². The summed E-state index contributed by atoms with van der Waals surface area (Å²) in [7, 11) is 1.87. The van der Waals surface area contributed by atoms with Crippen molar-refractivity contribution in [1.29, 1.82) is 0 Å². The lowest BCUT2D eigenvalue weighted by Crippen LogP contribution is -2.29. The smallest absolute Gasteiger partial charge is 0.253 e. The molecule has 0 saturated heterocycles. The first kappa shape index (κ1) is 13.1. The molecular weight excluding hydrogens is 218 g/mol. The van der Waals surface area contributed by atoms with Gasteiger partial charge >= 0.3 is 0 Å². The molecule has 0 unspecified atom stereocenters. The first-order valence-corrected chi connectivity index (χ1v) is 6.92. The van der Waals surface area contributed by atoms with Crippen LogP contribution in [0.5, 0.6) is 0 Å². The van der Waals surface area contributed by atoms with Crippen LogP contribution < -0.4 is 0 Å². The molecule has 0 radical (unpaired) electrons. The summed E-state index contributed by atoms with van der Waals surface area (Å²) in [6, 6.07) is 7.85. The van der Waals surface area contributed by atoms with Gasteiger partial charge in [0.25, 0.3) is 5.91 Å². The van der Waals surface area contributed by atoms with Gasteiger partial charge in [0.2, 0.25) is 0 Å². The van der Waals surface area contributed by atoms with Crippen molar-refractivity contribution in [1.82, 2.24) is 4.90 Å². The minimum absolute atomic E-state index is 0.131. The van der Waals surface area contributed by atoms with Crippen LogP contribution in [-0.4, -0.2) is 36.4 Å². The van der Waals surface area contributed by atoms with Crippen molar-refractivity contribution in [2.75, 3.05) is 25.6 Å². The van der Waals surface area contributed by atoms with E-state index < -0.39 is 0 Å². The van der Waals surface area contributed by atoms with Crippen molar-refractivity contribution in [3.63, 3.8) is 0 Å². The van der Waals surface area contributed by atoms with Gasteiger partial charge in [0, 0.05) is 24.9 Å². The first-order chi connectivity index (χ1) is 7.70. The Labute approximate surface area is 102 Å². The van der Waals surface area contributed by atoms with Gasteiger partial charge in [0.15, 0.2) is 0 Å². The van der Waals surface area contributed by atoms with Crippen molar-refractivity contribution in [3.8, 4) is 0 Å². The molecule has 16 heavy (non-hydrogen) atoms. The average molecular weight is 237 g/mol. The Kier molecular flexibility index (Phi) is 5.39. The number of aryl methyl sites for hydroxylation is 1. The van der Waals surface area contributed by atoms with Crippen molar-refractivity contribution in [3.05, 3.63) is 35.4 Å². The van der Waals surface area contributed by atoms with Crippen LogP contribution >= 0.6 is 11.8 Å². The molecule has 88 valence electrons. The van der Waals surface area contributed by atoms with Gasteiger partial charge in [0.1, 0.15) is 0 Å². The third-order valence-electron chi connectivity index (χ3n) is 2.61. The molecular formula is C13H19NOS. The summed E-state index contributed by atoms with van der Waals surface area (Å²) in [5, 5.41) is 0. The fourth-order valence-electron chi connectivity index (χ4n) is 1.57. The highest BCUT2D eigenvalue weighted by atomic mass is 32.2. The van der Waals surface area contributed by atoms with Gasteiger partial charge < -0.3 is 4.90 Å². The van der Waals surface area contributed by atoms with Crippen LogP contribution in [0.25, 0.3) is 0 Å². The second-order valence-electron chi connectivity index (χ2n) is 3.73. The van der Waals surface area contributed by atoms with E-state index in [0.29, 0.717) is 0 Å². The van der Waals surface area contributed by atoms with E-state index in [2.05, 4.69) is 13.2 Å². The Balaban J connectivity index is 2.79. The minimum Gasteiger partial charge on any atom is -0.341 e. The molecule has 1 aromatic carbocycles. The molecule has 0 spiro atoms. The highest BCUT2D eigenvalue weighted by molar-refractivity contribution is 7.98. The lowest BCUT2D eigenvalue weighted by molar-refractivity contribution is 0.0802. The van der Waals surface area contributed by atoms with Gasteiger partial charge in [-0.25, -0.2) is 0 Å². The van der Waals surface area contributed by atoms with E-state index in [4.69, 9.17) is 0 Å². The highest BCUT2D eigenvalue weighted by Gasteiger charge is 2.13. The molecule has 0 bridgehead atoms. The number of thioether (sulfide) groups is 1. The Morgan fingerprint density at radius 1 is 1.38 bits per heavy atom. The summed E-state index contributed by atoms with van der Waals surface area (Å²) in [4.78, 5) is 13.9. The summed E-state index contributed by atoms with van der Waals surface area (Å²) in [6.45, 7) is 2.88. The normalized spacial score (nSPS) is 10.2. The van der Waals surface area contributed by atoms with E-state index in [1.165, 1.54) is 0 Å². The van der Waals surface area contributed by atoms with Gasteiger partial charge in [-0.05, 0) is 24.3 Å². The molecule has 1 amide bonds. The number of carbonyl (C=O) groups is 1. The SMILES string of the molecule is CCc1ccccc1C(=O)N(C)CCSC. The van der Waals surface area contributed by atoms with Crippen LogP contribution in [0.2, 0.25) is 0 Å². The second-order valence-corrected chi connectivity index (χ2v) is 4.72. The summed E-state index contributed by atoms with van der Waals surface area (Å²) in [6.07, 6.45) is 2.95. The fourth-order valence-corrected chi connectivity index (χ4v) is 2.03. The molecule has 0 heterocycles. The van der Waals surface area contributed by atoms with E-state index in [-0.39, 0.29) is 5.91 Å². The Morgan fingerprint density at radius 2 is 2.06 bits per heavy atom. The molecule has 0 saturated carbocycles. The van der Waals surface area contributed by atoms with Gasteiger partial charge in [-0.1, -0.05) is 25.1 Å². The number of amides is 1. The lowest BCUT2D eigenvalue weighted by atomic mass is 10.0. The molecule has 0 aromatic heterocycles. The molecule has 0 aliphatic rings. The van der Waals surface area contributed by atoms with Crippen molar-refractivity contribution in [2.45, 2.75) is 13.3 Å². The van der Waals surface area contributed by atoms with Crippen LogP contribution in [0.4, 0.5) is 0 Å². The largest absolute Gasteiger partial charge is 0.341 e. The molecule has 0 aliphatic carbocycles. The fraction of sp³-hybridized carbons (Fsp3) is 0.462. The molecule has 2 nitrogen and oxygen atoms in total. The minimum atomic E-state index is 0.131. The van der Waals surface area contributed by atoms with Gasteiger partial charge in [-0.3, -0.25) is 4.79 Å². The maximum Gasteiger partial charge on any atom is 0.253 e. The quantitative estimate of drug-likeness (QED) is 0.784. The molecule has 0 N–H and O–H groups in total. The van der Waals surface area contributed by atoms with E-state index in [0.717, 1.165) is 29.8 Å². The first-order valence-electron chi connectivity index (χ1n) is 5.53. The van der Waals surface area contributed by atoms with Crippen molar-refractivity contribution >= 4 is 17.7 Å². The Hall–Kier alpha value is -0.960. The van der Waals surface area contributed by atoms with Gasteiger partial charge in [-0.2, -0.15) is 11.8 Å². The topological polar surface area (TPSA) is 20.3 Å². The molecule has 0 aliphatic heterocycles. The zero-order chi connectivity index (χ0) is 12.0. The average Bonchev–Trinajstić information content (AvgIpc) is 2.34. The van der Waals surface area contributed by atoms with E-state index in [1.54, 1.807) is 16.7 Å². The number of nitrogens with zero attached hydrogens (tertiary/aromatic N) is 1. The molecule has 1 aromatic rings. The van der Waals surface area contributed by atoms with Gasteiger partial charge in [-0.15, -0.1) is 0 Å². The molecule has 3 heteroatoms. The second kappa shape index (κ2) is 6.59. The lowest BCUT2D eigenvalue weighted by Gasteiger charge is -2.18. The van der Waals surface area contributed by atoms with Crippen molar-refractivity contribution < 1.29 is 4.79 Å². The predicted molar refractivity (Wildman–Crippen MR) is 71.2 cm³/mol. The predicted octanol–water partition coefficient (Wildman–Crippen LogP) is 2.68. The number of benzene rings is 1. The highest BCUT2D eigenvalue weighted by Crippen LogP contribution is 2.12. The van der Waals surface area contributed by atoms with Crippen LogP contribution in [0.3, 0.4) is 0 Å². The number of hydrogen-bond acceptors (Lipinski definition) is 2. The van der Waals surface area contributed by atoms with E-state index in [1.807, 2.05) is 31.3 Å². The maximum absolute atomic E-state index is 12.1. The monoisotopic (exact) mass is 237 g/mol. The molecule has 0 fully saturated rings. The Morgan fingerprint density at radius 3 is 2.69 bits per heavy atom. The van der Waals surface area contributed by atoms with E-state index in [9.17, 15) is 4.79 Å². The van der Waals surface area contributed by atoms with Crippen LogP contribution in [0.1, 0.15) is 22.8 Å². The zero-order valence-corrected chi connectivity index (χ0v) is 11.0. The van der Waals surface area contributed by atoms with Crippen LogP contribution in [0, 0.1) is 0 Å². The summed E-state index contributed by atoms with van der Waals surface area (Å²) in [5.74, 6) is 1.11. The Bertz CT molecular complexity index is 352. The third kappa shape index (κ3) is 3.27. The third-order valence-corrected chi connectivity index (χ3v) is 3.20. The molecule has 0 atom stereocenters.